The number of aromatic nitrogens is 5. The van der Waals surface area contributed by atoms with Gasteiger partial charge in [0.2, 0.25) is 5.91 Å². The molecule has 2 fully saturated rings. The van der Waals surface area contributed by atoms with Crippen LogP contribution < -0.4 is 0 Å². The number of likely N-dealkylation sites (tertiary alicyclic amines) is 2. The number of aryl methyl sites for hydroxylation is 2. The molecule has 0 aromatic carbocycles. The van der Waals surface area contributed by atoms with Crippen LogP contribution in [0.15, 0.2) is 19.0 Å². The molecule has 0 spiro atoms. The Morgan fingerprint density at radius 3 is 2.06 bits per heavy atom. The van der Waals surface area contributed by atoms with E-state index in [-0.39, 0.29) is 18.9 Å². The topological polar surface area (TPSA) is 158 Å². The van der Waals surface area contributed by atoms with Crippen LogP contribution in [0.4, 0.5) is 0 Å². The molecule has 2 aromatic heterocycles. The molecule has 0 atom stereocenters. The first-order chi connectivity index (χ1) is 16.5. The Morgan fingerprint density at radius 2 is 1.56 bits per heavy atom. The van der Waals surface area contributed by atoms with Crippen LogP contribution in [-0.2, 0) is 27.5 Å². The van der Waals surface area contributed by atoms with Crippen molar-refractivity contribution in [1.82, 2.24) is 34.5 Å². The highest BCUT2D eigenvalue weighted by molar-refractivity contribution is 5.76. The van der Waals surface area contributed by atoms with Crippen LogP contribution in [0.5, 0.6) is 0 Å². The van der Waals surface area contributed by atoms with Crippen molar-refractivity contribution >= 4 is 18.9 Å². The zero-order valence-electron chi connectivity index (χ0n) is 19.6. The monoisotopic (exact) mass is 477 g/mol. The number of piperidine rings is 2. The van der Waals surface area contributed by atoms with E-state index in [9.17, 15) is 4.79 Å². The van der Waals surface area contributed by atoms with Crippen LogP contribution in [0.3, 0.4) is 0 Å². The lowest BCUT2D eigenvalue weighted by molar-refractivity contribution is -0.133. The maximum atomic E-state index is 12.5. The molecule has 34 heavy (non-hydrogen) atoms. The highest BCUT2D eigenvalue weighted by Crippen LogP contribution is 2.33. The number of imidazole rings is 1. The van der Waals surface area contributed by atoms with Gasteiger partial charge in [-0.3, -0.25) is 19.3 Å². The van der Waals surface area contributed by atoms with Gasteiger partial charge in [-0.15, -0.1) is 10.2 Å². The lowest BCUT2D eigenvalue weighted by Crippen LogP contribution is -2.42. The highest BCUT2D eigenvalue weighted by Gasteiger charge is 2.31. The Balaban J connectivity index is 0.000000618. The van der Waals surface area contributed by atoms with Gasteiger partial charge >= 0.3 is 0 Å². The first kappa shape index (κ1) is 27.0. The largest absolute Gasteiger partial charge is 0.483 e. The minimum absolute atomic E-state index is 0.250. The van der Waals surface area contributed by atoms with Crippen molar-refractivity contribution in [2.75, 3.05) is 26.2 Å². The molecule has 0 aliphatic carbocycles. The van der Waals surface area contributed by atoms with Crippen molar-refractivity contribution in [1.29, 1.82) is 0 Å². The molecule has 0 unspecified atom stereocenters. The molecule has 2 aromatic rings. The van der Waals surface area contributed by atoms with Crippen molar-refractivity contribution in [3.63, 3.8) is 0 Å². The fourth-order valence-electron chi connectivity index (χ4n) is 4.68. The molecule has 0 saturated carbocycles. The van der Waals surface area contributed by atoms with Crippen molar-refractivity contribution in [3.8, 4) is 0 Å². The van der Waals surface area contributed by atoms with Crippen LogP contribution in [0.2, 0.25) is 0 Å². The molecular formula is C22H35N7O5. The zero-order valence-corrected chi connectivity index (χ0v) is 19.6. The van der Waals surface area contributed by atoms with Gasteiger partial charge in [-0.05, 0) is 57.5 Å². The molecule has 2 aliphatic rings. The van der Waals surface area contributed by atoms with Gasteiger partial charge in [0, 0.05) is 38.3 Å². The molecule has 4 heterocycles. The molecule has 3 N–H and O–H groups in total. The molecular weight excluding hydrogens is 442 g/mol. The second-order valence-electron chi connectivity index (χ2n) is 8.47. The zero-order chi connectivity index (χ0) is 24.8. The molecule has 4 rings (SSSR count). The van der Waals surface area contributed by atoms with Gasteiger partial charge in [-0.2, -0.15) is 0 Å². The predicted molar refractivity (Wildman–Crippen MR) is 123 cm³/mol. The van der Waals surface area contributed by atoms with Gasteiger partial charge < -0.3 is 24.7 Å². The number of amides is 1. The minimum Gasteiger partial charge on any atom is -0.483 e. The average Bonchev–Trinajstić information content (AvgIpc) is 3.51. The van der Waals surface area contributed by atoms with E-state index in [0.717, 1.165) is 57.4 Å². The maximum absolute atomic E-state index is 12.5. The smallest absolute Gasteiger partial charge is 0.290 e. The Labute approximate surface area is 199 Å². The van der Waals surface area contributed by atoms with E-state index in [1.807, 2.05) is 4.57 Å². The number of aromatic amines is 1. The number of rotatable bonds is 6. The third kappa shape index (κ3) is 8.58. The Hall–Kier alpha value is -3.28. The van der Waals surface area contributed by atoms with Gasteiger partial charge in [-0.1, -0.05) is 0 Å². The van der Waals surface area contributed by atoms with E-state index in [2.05, 4.69) is 36.9 Å². The normalized spacial score (nSPS) is 17.1. The van der Waals surface area contributed by atoms with E-state index in [0.29, 0.717) is 13.0 Å². The summed E-state index contributed by atoms with van der Waals surface area (Å²) in [6.45, 7) is 7.37. The van der Waals surface area contributed by atoms with E-state index in [1.54, 1.807) is 19.0 Å². The summed E-state index contributed by atoms with van der Waals surface area (Å²) in [6.07, 6.45) is 10.5. The van der Waals surface area contributed by atoms with Gasteiger partial charge in [0.1, 0.15) is 12.7 Å². The molecule has 12 heteroatoms. The molecule has 1 amide bonds. The van der Waals surface area contributed by atoms with Crippen molar-refractivity contribution < 1.29 is 24.6 Å². The number of hydrogen-bond donors (Lipinski definition) is 3. The summed E-state index contributed by atoms with van der Waals surface area (Å²) in [5.74, 6) is 1.85. The summed E-state index contributed by atoms with van der Waals surface area (Å²) in [4.78, 5) is 41.4. The lowest BCUT2D eigenvalue weighted by atomic mass is 9.78. The fourth-order valence-corrected chi connectivity index (χ4v) is 4.68. The lowest BCUT2D eigenvalue weighted by Gasteiger charge is -2.40. The maximum Gasteiger partial charge on any atom is 0.290 e. The van der Waals surface area contributed by atoms with Crippen LogP contribution in [-0.4, -0.2) is 89.8 Å². The third-order valence-electron chi connectivity index (χ3n) is 6.55. The fraction of sp³-hybridized carbons (Fsp3) is 0.636. The summed E-state index contributed by atoms with van der Waals surface area (Å²) in [5.41, 5.74) is 2.36. The number of carbonyl (C=O) groups excluding carboxylic acids is 1. The number of H-pyrrole nitrogens is 1. The summed E-state index contributed by atoms with van der Waals surface area (Å²) >= 11 is 0. The van der Waals surface area contributed by atoms with Crippen molar-refractivity contribution in [2.45, 2.75) is 52.1 Å². The van der Waals surface area contributed by atoms with Crippen LogP contribution in [0.25, 0.3) is 0 Å². The quantitative estimate of drug-likeness (QED) is 0.521. The summed E-state index contributed by atoms with van der Waals surface area (Å²) in [7, 11) is 0. The Bertz CT molecular complexity index is 836. The molecule has 2 aliphatic heterocycles. The van der Waals surface area contributed by atoms with Crippen LogP contribution in [0, 0.1) is 18.8 Å². The third-order valence-corrected chi connectivity index (χ3v) is 6.55. The molecule has 0 bridgehead atoms. The molecule has 0 radical (unpaired) electrons. The van der Waals surface area contributed by atoms with Gasteiger partial charge in [0.25, 0.3) is 12.9 Å². The van der Waals surface area contributed by atoms with Gasteiger partial charge in [0.15, 0.2) is 0 Å². The second-order valence-corrected chi connectivity index (χ2v) is 8.47. The van der Waals surface area contributed by atoms with Crippen molar-refractivity contribution in [2.24, 2.45) is 11.8 Å². The van der Waals surface area contributed by atoms with Gasteiger partial charge in [0.05, 0.1) is 12.0 Å². The number of carboxylic acid groups (broad SMARTS) is 2. The molecule has 188 valence electrons. The number of nitrogens with zero attached hydrogens (tertiary/aromatic N) is 6. The second kappa shape index (κ2) is 14.8. The standard InChI is InChI=1S/C20H31N7O.2CH2O2/c1-16-19(22-13-21-16)12-25-7-2-17(3-8-25)18-4-10-27(11-5-18)20(28)6-9-26-14-23-24-15-26;2*2-1-3/h13-15,17-18H,2-12H2,1H3,(H,21,22);2*1H,(H,2,3). The first-order valence-corrected chi connectivity index (χ1v) is 11.5. The average molecular weight is 478 g/mol. The molecule has 2 saturated heterocycles. The molecule has 12 nitrogen and oxygen atoms in total. The summed E-state index contributed by atoms with van der Waals surface area (Å²) in [6, 6.07) is 0. The minimum atomic E-state index is -0.250. The van der Waals surface area contributed by atoms with E-state index in [1.165, 1.54) is 24.2 Å². The predicted octanol–water partition coefficient (Wildman–Crippen LogP) is 1.25. The van der Waals surface area contributed by atoms with E-state index >= 15 is 0 Å². The summed E-state index contributed by atoms with van der Waals surface area (Å²) < 4.78 is 1.86. The van der Waals surface area contributed by atoms with Crippen LogP contribution in [0.1, 0.15) is 43.5 Å². The van der Waals surface area contributed by atoms with Crippen LogP contribution >= 0.6 is 0 Å². The van der Waals surface area contributed by atoms with E-state index < -0.39 is 0 Å². The van der Waals surface area contributed by atoms with E-state index in [4.69, 9.17) is 19.8 Å². The van der Waals surface area contributed by atoms with Crippen molar-refractivity contribution in [3.05, 3.63) is 30.4 Å². The number of hydrogen-bond acceptors (Lipinski definition) is 7. The first-order valence-electron chi connectivity index (χ1n) is 11.5. The van der Waals surface area contributed by atoms with Gasteiger partial charge in [-0.25, -0.2) is 4.98 Å². The summed E-state index contributed by atoms with van der Waals surface area (Å²) in [5, 5.41) is 21.3. The Kier molecular flexibility index (Phi) is 11.7. The number of nitrogens with one attached hydrogen (secondary N) is 1. The SMILES string of the molecule is Cc1[nH]cnc1CN1CCC(C2CCN(C(=O)CCn3cnnc3)CC2)CC1.O=CO.O=CO. The number of carbonyl (C=O) groups is 3. The highest BCUT2D eigenvalue weighted by atomic mass is 16.3. The Morgan fingerprint density at radius 1 is 1.03 bits per heavy atom.